The smallest absolute Gasteiger partial charge is 0.269 e. The average molecular weight is 278 g/mol. The summed E-state index contributed by atoms with van der Waals surface area (Å²) in [6.45, 7) is 1.07. The molecule has 6 nitrogen and oxygen atoms in total. The molecule has 1 N–H and O–H groups in total. The van der Waals surface area contributed by atoms with Crippen molar-refractivity contribution in [3.63, 3.8) is 0 Å². The fraction of sp³-hybridized carbons (Fsp3) is 0.500. The van der Waals surface area contributed by atoms with Crippen LogP contribution < -0.4 is 0 Å². The Kier molecular flexibility index (Phi) is 4.46. The van der Waals surface area contributed by atoms with Gasteiger partial charge in [-0.3, -0.25) is 19.8 Å². The zero-order valence-electron chi connectivity index (χ0n) is 11.4. The number of nitro benzene ring substituents is 1. The summed E-state index contributed by atoms with van der Waals surface area (Å²) < 4.78 is 0. The number of Topliss-reactive ketones (excluding diaryl/α,β-unsaturated/α-hetero) is 1. The van der Waals surface area contributed by atoms with Crippen LogP contribution in [-0.2, 0) is 0 Å². The highest BCUT2D eigenvalue weighted by Gasteiger charge is 2.28. The molecule has 6 heteroatoms. The van der Waals surface area contributed by atoms with Gasteiger partial charge in [-0.25, -0.2) is 0 Å². The van der Waals surface area contributed by atoms with E-state index in [2.05, 4.69) is 0 Å². The Morgan fingerprint density at radius 2 is 2.00 bits per heavy atom. The third-order valence-electron chi connectivity index (χ3n) is 3.59. The minimum absolute atomic E-state index is 0.0154. The van der Waals surface area contributed by atoms with Crippen molar-refractivity contribution in [3.8, 4) is 0 Å². The number of nitrogens with zero attached hydrogens (tertiary/aromatic N) is 2. The number of aliphatic hydroxyl groups is 1. The number of likely N-dealkylation sites (N-methyl/N-ethyl adjacent to an activating group) is 1. The fourth-order valence-corrected chi connectivity index (χ4v) is 2.46. The quantitative estimate of drug-likeness (QED) is 0.484. The number of hydrogen-bond acceptors (Lipinski definition) is 5. The highest BCUT2D eigenvalue weighted by molar-refractivity contribution is 5.97. The molecule has 0 radical (unpaired) electrons. The van der Waals surface area contributed by atoms with Crippen LogP contribution >= 0.6 is 0 Å². The molecule has 0 aliphatic heterocycles. The SMILES string of the molecule is CN(CC(=O)c1ccc([N+](=O)[O-])cc1)CC1CC(O)C1. The van der Waals surface area contributed by atoms with Gasteiger partial charge in [-0.15, -0.1) is 0 Å². The zero-order valence-corrected chi connectivity index (χ0v) is 11.4. The fourth-order valence-electron chi connectivity index (χ4n) is 2.46. The Morgan fingerprint density at radius 1 is 1.40 bits per heavy atom. The number of benzene rings is 1. The molecule has 0 saturated heterocycles. The molecule has 1 aromatic carbocycles. The molecule has 1 aliphatic rings. The number of rotatable bonds is 6. The minimum Gasteiger partial charge on any atom is -0.393 e. The van der Waals surface area contributed by atoms with Crippen LogP contribution in [-0.4, -0.2) is 47.0 Å². The number of nitro groups is 1. The first-order chi connectivity index (χ1) is 9.45. The summed E-state index contributed by atoms with van der Waals surface area (Å²) in [4.78, 5) is 24.0. The van der Waals surface area contributed by atoms with Gasteiger partial charge in [0.15, 0.2) is 5.78 Å². The average Bonchev–Trinajstić information content (AvgIpc) is 2.37. The van der Waals surface area contributed by atoms with Crippen LogP contribution in [0.4, 0.5) is 5.69 Å². The highest BCUT2D eigenvalue weighted by atomic mass is 16.6. The molecule has 1 saturated carbocycles. The van der Waals surface area contributed by atoms with Crippen molar-refractivity contribution in [2.24, 2.45) is 5.92 Å². The molecule has 0 atom stereocenters. The number of carbonyl (C=O) groups is 1. The third kappa shape index (κ3) is 3.61. The van der Waals surface area contributed by atoms with Crippen LogP contribution in [0.2, 0.25) is 0 Å². The number of aliphatic hydroxyl groups excluding tert-OH is 1. The van der Waals surface area contributed by atoms with Gasteiger partial charge >= 0.3 is 0 Å². The summed E-state index contributed by atoms with van der Waals surface area (Å²) in [5.41, 5.74) is 0.467. The van der Waals surface area contributed by atoms with Crippen molar-refractivity contribution in [3.05, 3.63) is 39.9 Å². The third-order valence-corrected chi connectivity index (χ3v) is 3.59. The van der Waals surface area contributed by atoms with Gasteiger partial charge in [0.2, 0.25) is 0 Å². The summed E-state index contributed by atoms with van der Waals surface area (Å²) in [5, 5.41) is 19.8. The summed E-state index contributed by atoms with van der Waals surface area (Å²) in [7, 11) is 1.87. The lowest BCUT2D eigenvalue weighted by Crippen LogP contribution is -2.38. The second kappa shape index (κ2) is 6.11. The van der Waals surface area contributed by atoms with Gasteiger partial charge in [0, 0.05) is 24.2 Å². The summed E-state index contributed by atoms with van der Waals surface area (Å²) in [6.07, 6.45) is 1.42. The van der Waals surface area contributed by atoms with Gasteiger partial charge in [-0.2, -0.15) is 0 Å². The second-order valence-electron chi connectivity index (χ2n) is 5.42. The van der Waals surface area contributed by atoms with E-state index < -0.39 is 4.92 Å². The maximum Gasteiger partial charge on any atom is 0.269 e. The van der Waals surface area contributed by atoms with Crippen molar-refractivity contribution < 1.29 is 14.8 Å². The van der Waals surface area contributed by atoms with E-state index in [4.69, 9.17) is 0 Å². The van der Waals surface area contributed by atoms with Gasteiger partial charge in [0.1, 0.15) is 0 Å². The molecule has 0 unspecified atom stereocenters. The van der Waals surface area contributed by atoms with Crippen LogP contribution in [0.3, 0.4) is 0 Å². The van der Waals surface area contributed by atoms with Crippen molar-refractivity contribution in [1.29, 1.82) is 0 Å². The summed E-state index contributed by atoms with van der Waals surface area (Å²) in [5.74, 6) is 0.405. The molecule has 108 valence electrons. The Morgan fingerprint density at radius 3 is 2.50 bits per heavy atom. The lowest BCUT2D eigenvalue weighted by Gasteiger charge is -2.34. The summed E-state index contributed by atoms with van der Waals surface area (Å²) in [6, 6.07) is 5.66. The molecule has 0 amide bonds. The Hall–Kier alpha value is -1.79. The predicted molar refractivity (Wildman–Crippen MR) is 73.7 cm³/mol. The van der Waals surface area contributed by atoms with E-state index in [0.29, 0.717) is 11.5 Å². The van der Waals surface area contributed by atoms with E-state index in [0.717, 1.165) is 19.4 Å². The van der Waals surface area contributed by atoms with Gasteiger partial charge < -0.3 is 5.11 Å². The molecule has 1 fully saturated rings. The molecule has 0 aromatic heterocycles. The van der Waals surface area contributed by atoms with Crippen molar-refractivity contribution in [1.82, 2.24) is 4.90 Å². The molecule has 0 bridgehead atoms. The minimum atomic E-state index is -0.484. The van der Waals surface area contributed by atoms with Crippen LogP contribution in [0, 0.1) is 16.0 Å². The van der Waals surface area contributed by atoms with Gasteiger partial charge in [-0.05, 0) is 37.9 Å². The van der Waals surface area contributed by atoms with E-state index in [1.807, 2.05) is 11.9 Å². The zero-order chi connectivity index (χ0) is 14.7. The van der Waals surface area contributed by atoms with Crippen molar-refractivity contribution in [2.75, 3.05) is 20.1 Å². The van der Waals surface area contributed by atoms with Crippen LogP contribution in [0.25, 0.3) is 0 Å². The molecular formula is C14H18N2O4. The Bertz CT molecular complexity index is 494. The standard InChI is InChI=1S/C14H18N2O4/c1-15(8-10-6-13(17)7-10)9-14(18)11-2-4-12(5-3-11)16(19)20/h2-5,10,13,17H,6-9H2,1H3. The molecular weight excluding hydrogens is 260 g/mol. The van der Waals surface area contributed by atoms with Gasteiger partial charge in [0.05, 0.1) is 17.6 Å². The molecule has 20 heavy (non-hydrogen) atoms. The normalized spacial score (nSPS) is 21.6. The second-order valence-corrected chi connectivity index (χ2v) is 5.42. The van der Waals surface area contributed by atoms with E-state index in [1.54, 1.807) is 0 Å². The Balaban J connectivity index is 1.85. The molecule has 1 aliphatic carbocycles. The molecule has 0 heterocycles. The van der Waals surface area contributed by atoms with E-state index in [9.17, 15) is 20.0 Å². The first-order valence-corrected chi connectivity index (χ1v) is 6.60. The van der Waals surface area contributed by atoms with Crippen LogP contribution in [0.15, 0.2) is 24.3 Å². The number of carbonyl (C=O) groups excluding carboxylic acids is 1. The molecule has 2 rings (SSSR count). The summed E-state index contributed by atoms with van der Waals surface area (Å²) >= 11 is 0. The number of non-ortho nitro benzene ring substituents is 1. The Labute approximate surface area is 117 Å². The van der Waals surface area contributed by atoms with Crippen LogP contribution in [0.1, 0.15) is 23.2 Å². The maximum atomic E-state index is 12.0. The highest BCUT2D eigenvalue weighted by Crippen LogP contribution is 2.27. The monoisotopic (exact) mass is 278 g/mol. The van der Waals surface area contributed by atoms with E-state index >= 15 is 0 Å². The largest absolute Gasteiger partial charge is 0.393 e. The van der Waals surface area contributed by atoms with Crippen molar-refractivity contribution in [2.45, 2.75) is 18.9 Å². The number of ketones is 1. The molecule has 1 aromatic rings. The van der Waals surface area contributed by atoms with E-state index in [1.165, 1.54) is 24.3 Å². The topological polar surface area (TPSA) is 83.7 Å². The number of hydrogen-bond donors (Lipinski definition) is 1. The van der Waals surface area contributed by atoms with Gasteiger partial charge in [-0.1, -0.05) is 0 Å². The lowest BCUT2D eigenvalue weighted by molar-refractivity contribution is -0.384. The predicted octanol–water partition coefficient (Wildman–Crippen LogP) is 1.48. The van der Waals surface area contributed by atoms with Crippen LogP contribution in [0.5, 0.6) is 0 Å². The first kappa shape index (κ1) is 14.6. The first-order valence-electron chi connectivity index (χ1n) is 6.60. The lowest BCUT2D eigenvalue weighted by atomic mass is 9.82. The molecule has 0 spiro atoms. The van der Waals surface area contributed by atoms with Gasteiger partial charge in [0.25, 0.3) is 5.69 Å². The van der Waals surface area contributed by atoms with Crippen molar-refractivity contribution >= 4 is 11.5 Å². The maximum absolute atomic E-state index is 12.0. The van der Waals surface area contributed by atoms with E-state index in [-0.39, 0.29) is 24.1 Å².